The van der Waals surface area contributed by atoms with Crippen LogP contribution in [0.4, 0.5) is 26.3 Å². The van der Waals surface area contributed by atoms with Crippen LogP contribution in [0.2, 0.25) is 0 Å². The van der Waals surface area contributed by atoms with Gasteiger partial charge in [0.2, 0.25) is 11.8 Å². The Labute approximate surface area is 156 Å². The van der Waals surface area contributed by atoms with Gasteiger partial charge in [-0.15, -0.1) is 0 Å². The van der Waals surface area contributed by atoms with Crippen molar-refractivity contribution in [2.45, 2.75) is 50.6 Å². The van der Waals surface area contributed by atoms with E-state index in [1.165, 1.54) is 0 Å². The summed E-state index contributed by atoms with van der Waals surface area (Å²) in [7, 11) is 1.14. The summed E-state index contributed by atoms with van der Waals surface area (Å²) in [6.07, 6.45) is -7.11. The first kappa shape index (κ1) is 22.1. The molecule has 6 nitrogen and oxygen atoms in total. The number of carbonyl (C=O) groups excluding carboxylic acids is 1. The van der Waals surface area contributed by atoms with Gasteiger partial charge in [-0.25, -0.2) is 4.39 Å². The van der Waals surface area contributed by atoms with E-state index >= 15 is 0 Å². The Balaban J connectivity index is 2.13. The second kappa shape index (κ2) is 8.41. The number of amides is 1. The number of hydrogen-bond acceptors (Lipinski definition) is 5. The Hall–Kier alpha value is -2.24. The van der Waals surface area contributed by atoms with Crippen LogP contribution in [-0.4, -0.2) is 48.8 Å². The summed E-state index contributed by atoms with van der Waals surface area (Å²) in [5.41, 5.74) is 0.0638. The van der Waals surface area contributed by atoms with Crippen LogP contribution in [0.25, 0.3) is 0 Å². The van der Waals surface area contributed by atoms with Crippen molar-refractivity contribution in [1.82, 2.24) is 15.6 Å². The van der Waals surface area contributed by atoms with Gasteiger partial charge >= 0.3 is 12.1 Å². The highest BCUT2D eigenvalue weighted by Gasteiger charge is 2.62. The van der Waals surface area contributed by atoms with Crippen molar-refractivity contribution in [3.8, 4) is 11.8 Å². The first-order valence-corrected chi connectivity index (χ1v) is 8.33. The molecule has 1 aliphatic heterocycles. The number of hydrogen-bond donors (Lipinski definition) is 2. The molecule has 158 valence electrons. The molecule has 1 aromatic rings. The number of ether oxygens (including phenoxy) is 2. The monoisotopic (exact) mass is 415 g/mol. The van der Waals surface area contributed by atoms with Gasteiger partial charge in [0.1, 0.15) is 0 Å². The zero-order valence-electron chi connectivity index (χ0n) is 15.0. The topological polar surface area (TPSA) is 72.5 Å². The quantitative estimate of drug-likeness (QED) is 0.670. The number of alkyl halides is 5. The molecule has 1 amide bonds. The molecule has 0 bridgehead atoms. The van der Waals surface area contributed by atoms with Crippen molar-refractivity contribution in [3.63, 3.8) is 0 Å². The minimum absolute atomic E-state index is 0.0638. The summed E-state index contributed by atoms with van der Waals surface area (Å²) < 4.78 is 87.2. The number of nitrogens with zero attached hydrogens (tertiary/aromatic N) is 1. The molecule has 1 fully saturated rings. The highest BCUT2D eigenvalue weighted by atomic mass is 19.4. The molecule has 2 N–H and O–H groups in total. The van der Waals surface area contributed by atoms with Crippen LogP contribution in [0.5, 0.6) is 11.8 Å². The number of nitrogens with one attached hydrogen (secondary N) is 2. The maximum Gasteiger partial charge on any atom is 0.457 e. The number of halogens is 6. The fourth-order valence-corrected chi connectivity index (χ4v) is 2.57. The van der Waals surface area contributed by atoms with Gasteiger partial charge in [0.25, 0.3) is 5.88 Å². The zero-order chi connectivity index (χ0) is 21.1. The zero-order valence-corrected chi connectivity index (χ0v) is 15.0. The summed E-state index contributed by atoms with van der Waals surface area (Å²) in [4.78, 5) is 15.5. The molecule has 28 heavy (non-hydrogen) atoms. The van der Waals surface area contributed by atoms with Crippen LogP contribution in [0.1, 0.15) is 25.3 Å². The fraction of sp³-hybridized carbons (Fsp3) is 0.625. The second-order valence-electron chi connectivity index (χ2n) is 6.19. The molecule has 12 heteroatoms. The van der Waals surface area contributed by atoms with Crippen molar-refractivity contribution < 1.29 is 40.6 Å². The normalized spacial score (nSPS) is 18.6. The summed E-state index contributed by atoms with van der Waals surface area (Å²) in [5, 5.41) is 5.52. The first-order chi connectivity index (χ1) is 13.0. The lowest BCUT2D eigenvalue weighted by atomic mass is 10.2. The van der Waals surface area contributed by atoms with E-state index in [2.05, 4.69) is 20.4 Å². The van der Waals surface area contributed by atoms with E-state index in [0.29, 0.717) is 19.9 Å². The standard InChI is InChI=1S/C16H19F6N3O3/c1-8(15(18,19)16(20,21)22)28-14-10(17)6-9(13(25-14)27-2)7-24-12(26)11-4-3-5-23-11/h6,8,11,23H,3-5,7H2,1-2H3,(H,24,26). The summed E-state index contributed by atoms with van der Waals surface area (Å²) >= 11 is 0. The minimum Gasteiger partial charge on any atom is -0.481 e. The Kier molecular flexibility index (Phi) is 6.63. The molecule has 2 rings (SSSR count). The van der Waals surface area contributed by atoms with E-state index in [0.717, 1.165) is 19.6 Å². The Morgan fingerprint density at radius 1 is 1.36 bits per heavy atom. The number of pyridine rings is 1. The molecular weight excluding hydrogens is 396 g/mol. The van der Waals surface area contributed by atoms with Crippen LogP contribution in [-0.2, 0) is 11.3 Å². The van der Waals surface area contributed by atoms with Gasteiger partial charge in [-0.1, -0.05) is 0 Å². The molecular formula is C16H19F6N3O3. The van der Waals surface area contributed by atoms with Gasteiger partial charge in [-0.2, -0.15) is 26.9 Å². The van der Waals surface area contributed by atoms with E-state index in [1.807, 2.05) is 0 Å². The number of carbonyl (C=O) groups is 1. The third kappa shape index (κ3) is 4.78. The maximum absolute atomic E-state index is 14.1. The average molecular weight is 415 g/mol. The van der Waals surface area contributed by atoms with E-state index in [-0.39, 0.29) is 29.9 Å². The van der Waals surface area contributed by atoms with E-state index < -0.39 is 29.9 Å². The van der Waals surface area contributed by atoms with Gasteiger partial charge in [0.15, 0.2) is 11.9 Å². The van der Waals surface area contributed by atoms with E-state index in [4.69, 9.17) is 4.74 Å². The average Bonchev–Trinajstić information content (AvgIpc) is 3.15. The predicted octanol–water partition coefficient (Wildman–Crippen LogP) is 2.56. The van der Waals surface area contributed by atoms with Crippen molar-refractivity contribution in [3.05, 3.63) is 17.4 Å². The third-order valence-corrected chi connectivity index (χ3v) is 4.18. The largest absolute Gasteiger partial charge is 0.481 e. The smallest absolute Gasteiger partial charge is 0.457 e. The minimum atomic E-state index is -5.87. The van der Waals surface area contributed by atoms with Gasteiger partial charge in [-0.3, -0.25) is 4.79 Å². The molecule has 2 atom stereocenters. The molecule has 1 aliphatic rings. The van der Waals surface area contributed by atoms with Crippen LogP contribution >= 0.6 is 0 Å². The van der Waals surface area contributed by atoms with Crippen LogP contribution in [0.3, 0.4) is 0 Å². The van der Waals surface area contributed by atoms with Crippen molar-refractivity contribution in [2.24, 2.45) is 0 Å². The maximum atomic E-state index is 14.1. The Morgan fingerprint density at radius 2 is 2.04 bits per heavy atom. The Bertz CT molecular complexity index is 708. The molecule has 2 unspecified atom stereocenters. The van der Waals surface area contributed by atoms with Crippen LogP contribution < -0.4 is 20.1 Å². The molecule has 1 saturated heterocycles. The lowest BCUT2D eigenvalue weighted by Crippen LogP contribution is -2.48. The van der Waals surface area contributed by atoms with Gasteiger partial charge < -0.3 is 20.1 Å². The van der Waals surface area contributed by atoms with Gasteiger partial charge in [0.05, 0.1) is 13.2 Å². The van der Waals surface area contributed by atoms with Gasteiger partial charge in [0, 0.05) is 12.1 Å². The second-order valence-corrected chi connectivity index (χ2v) is 6.19. The predicted molar refractivity (Wildman–Crippen MR) is 84.7 cm³/mol. The number of aromatic nitrogens is 1. The van der Waals surface area contributed by atoms with Gasteiger partial charge in [-0.05, 0) is 32.4 Å². The molecule has 0 aromatic carbocycles. The van der Waals surface area contributed by atoms with Crippen LogP contribution in [0.15, 0.2) is 6.07 Å². The first-order valence-electron chi connectivity index (χ1n) is 8.33. The van der Waals surface area contributed by atoms with E-state index in [9.17, 15) is 31.1 Å². The molecule has 2 heterocycles. The lowest BCUT2D eigenvalue weighted by Gasteiger charge is -2.26. The summed E-state index contributed by atoms with van der Waals surface area (Å²) in [6, 6.07) is 0.416. The third-order valence-electron chi connectivity index (χ3n) is 4.18. The molecule has 0 spiro atoms. The highest BCUT2D eigenvalue weighted by molar-refractivity contribution is 5.82. The van der Waals surface area contributed by atoms with Crippen molar-refractivity contribution >= 4 is 5.91 Å². The fourth-order valence-electron chi connectivity index (χ4n) is 2.57. The summed E-state index contributed by atoms with van der Waals surface area (Å²) in [5.74, 6) is -8.15. The number of rotatable bonds is 7. The molecule has 1 aromatic heterocycles. The molecule has 0 radical (unpaired) electrons. The van der Waals surface area contributed by atoms with Crippen LogP contribution in [0, 0.1) is 5.82 Å². The molecule has 0 aliphatic carbocycles. The SMILES string of the molecule is COc1nc(OC(C)C(F)(F)C(F)(F)F)c(F)cc1CNC(=O)C1CCCN1. The number of methoxy groups -OCH3 is 1. The molecule has 0 saturated carbocycles. The lowest BCUT2D eigenvalue weighted by molar-refractivity contribution is -0.306. The van der Waals surface area contributed by atoms with Crippen molar-refractivity contribution in [1.29, 1.82) is 0 Å². The highest BCUT2D eigenvalue weighted by Crippen LogP contribution is 2.39. The van der Waals surface area contributed by atoms with E-state index in [1.54, 1.807) is 0 Å². The Morgan fingerprint density at radius 3 is 2.57 bits per heavy atom. The summed E-state index contributed by atoms with van der Waals surface area (Å²) in [6.45, 7) is 0.965. The van der Waals surface area contributed by atoms with Crippen molar-refractivity contribution in [2.75, 3.05) is 13.7 Å².